The molecule has 2 aromatic carbocycles. The maximum atomic E-state index is 13.6. The van der Waals surface area contributed by atoms with Gasteiger partial charge in [0.05, 0.1) is 5.69 Å². The van der Waals surface area contributed by atoms with Crippen molar-refractivity contribution in [2.45, 2.75) is 6.92 Å². The molecule has 3 N–H and O–H groups in total. The van der Waals surface area contributed by atoms with Gasteiger partial charge in [-0.25, -0.2) is 4.39 Å². The molecule has 0 aliphatic heterocycles. The predicted molar refractivity (Wildman–Crippen MR) is 77.6 cm³/mol. The van der Waals surface area contributed by atoms with Crippen LogP contribution in [0.5, 0.6) is 0 Å². The van der Waals surface area contributed by atoms with E-state index in [0.29, 0.717) is 5.56 Å². The molecule has 0 heterocycles. The highest BCUT2D eigenvalue weighted by Crippen LogP contribution is 2.23. The molecule has 3 nitrogen and oxygen atoms in total. The van der Waals surface area contributed by atoms with Crippen molar-refractivity contribution in [1.29, 1.82) is 0 Å². The number of hydrogen-bond donors (Lipinski definition) is 2. The number of anilines is 2. The summed E-state index contributed by atoms with van der Waals surface area (Å²) in [4.78, 5) is 12.1. The number of carbonyl (C=O) groups excluding carboxylic acids is 1. The molecule has 19 heavy (non-hydrogen) atoms. The summed E-state index contributed by atoms with van der Waals surface area (Å²) in [5.74, 6) is -0.940. The van der Waals surface area contributed by atoms with Gasteiger partial charge in [0.25, 0.3) is 5.91 Å². The molecule has 0 radical (unpaired) electrons. The summed E-state index contributed by atoms with van der Waals surface area (Å²) in [6, 6.07) is 9.52. The van der Waals surface area contributed by atoms with Crippen LogP contribution in [0.15, 0.2) is 40.9 Å². The van der Waals surface area contributed by atoms with Crippen LogP contribution < -0.4 is 11.1 Å². The molecule has 0 saturated heterocycles. The van der Waals surface area contributed by atoms with E-state index in [9.17, 15) is 9.18 Å². The lowest BCUT2D eigenvalue weighted by Gasteiger charge is -2.10. The summed E-state index contributed by atoms with van der Waals surface area (Å²) in [6.45, 7) is 1.81. The van der Waals surface area contributed by atoms with Crippen molar-refractivity contribution in [2.75, 3.05) is 11.1 Å². The Morgan fingerprint density at radius 3 is 2.68 bits per heavy atom. The summed E-state index contributed by atoms with van der Waals surface area (Å²) in [7, 11) is 0. The maximum absolute atomic E-state index is 13.6. The summed E-state index contributed by atoms with van der Waals surface area (Å²) in [5, 5.41) is 2.50. The Kier molecular flexibility index (Phi) is 3.85. The first-order valence-electron chi connectivity index (χ1n) is 5.60. The highest BCUT2D eigenvalue weighted by atomic mass is 79.9. The second-order valence-electron chi connectivity index (χ2n) is 4.12. The van der Waals surface area contributed by atoms with Crippen LogP contribution in [-0.4, -0.2) is 5.91 Å². The number of carbonyl (C=O) groups is 1. The molecule has 2 rings (SSSR count). The molecule has 0 aliphatic carbocycles. The van der Waals surface area contributed by atoms with Crippen molar-refractivity contribution in [3.63, 3.8) is 0 Å². The average Bonchev–Trinajstić information content (AvgIpc) is 2.33. The Hall–Kier alpha value is -1.88. The maximum Gasteiger partial charge on any atom is 0.256 e. The number of benzene rings is 2. The normalized spacial score (nSPS) is 10.3. The highest BCUT2D eigenvalue weighted by molar-refractivity contribution is 9.10. The second kappa shape index (κ2) is 5.40. The Balaban J connectivity index is 2.31. The third kappa shape index (κ3) is 2.93. The van der Waals surface area contributed by atoms with E-state index in [1.165, 1.54) is 18.2 Å². The molecule has 0 bridgehead atoms. The fourth-order valence-corrected chi connectivity index (χ4v) is 2.21. The van der Waals surface area contributed by atoms with Crippen LogP contribution in [0.2, 0.25) is 0 Å². The number of para-hydroxylation sites is 1. The van der Waals surface area contributed by atoms with Crippen molar-refractivity contribution in [3.05, 3.63) is 57.8 Å². The largest absolute Gasteiger partial charge is 0.397 e. The van der Waals surface area contributed by atoms with Crippen LogP contribution >= 0.6 is 15.9 Å². The highest BCUT2D eigenvalue weighted by Gasteiger charge is 2.13. The minimum absolute atomic E-state index is 0.00909. The topological polar surface area (TPSA) is 55.1 Å². The van der Waals surface area contributed by atoms with E-state index in [0.717, 1.165) is 10.0 Å². The molecule has 1 amide bonds. The van der Waals surface area contributed by atoms with Gasteiger partial charge < -0.3 is 11.1 Å². The molecular formula is C14H12BrFN2O. The van der Waals surface area contributed by atoms with E-state index in [-0.39, 0.29) is 17.3 Å². The van der Waals surface area contributed by atoms with Gasteiger partial charge in [0.15, 0.2) is 0 Å². The molecule has 0 aliphatic rings. The minimum Gasteiger partial charge on any atom is -0.397 e. The van der Waals surface area contributed by atoms with E-state index in [1.54, 1.807) is 12.1 Å². The zero-order valence-corrected chi connectivity index (χ0v) is 11.8. The summed E-state index contributed by atoms with van der Waals surface area (Å²) >= 11 is 3.32. The molecule has 0 spiro atoms. The number of rotatable bonds is 2. The monoisotopic (exact) mass is 322 g/mol. The van der Waals surface area contributed by atoms with Gasteiger partial charge in [0.2, 0.25) is 0 Å². The molecule has 0 atom stereocenters. The molecule has 98 valence electrons. The smallest absolute Gasteiger partial charge is 0.256 e. The quantitative estimate of drug-likeness (QED) is 0.828. The molecule has 0 saturated carbocycles. The summed E-state index contributed by atoms with van der Waals surface area (Å²) in [6.07, 6.45) is 0. The average molecular weight is 323 g/mol. The summed E-state index contributed by atoms with van der Waals surface area (Å²) < 4.78 is 14.5. The van der Waals surface area contributed by atoms with Gasteiger partial charge in [0, 0.05) is 10.0 Å². The van der Waals surface area contributed by atoms with Gasteiger partial charge in [0.1, 0.15) is 11.5 Å². The molecule has 0 aromatic heterocycles. The first kappa shape index (κ1) is 13.5. The van der Waals surface area contributed by atoms with Crippen LogP contribution in [0.1, 0.15) is 15.9 Å². The lowest BCUT2D eigenvalue weighted by atomic mass is 10.1. The Morgan fingerprint density at radius 2 is 2.05 bits per heavy atom. The van der Waals surface area contributed by atoms with Gasteiger partial charge in [-0.05, 0) is 42.8 Å². The van der Waals surface area contributed by atoms with E-state index in [4.69, 9.17) is 5.73 Å². The van der Waals surface area contributed by atoms with Crippen LogP contribution in [0.4, 0.5) is 15.8 Å². The Labute approximate surface area is 118 Å². The second-order valence-corrected chi connectivity index (χ2v) is 5.03. The predicted octanol–water partition coefficient (Wildman–Crippen LogP) is 3.73. The van der Waals surface area contributed by atoms with Crippen molar-refractivity contribution >= 4 is 33.2 Å². The van der Waals surface area contributed by atoms with E-state index < -0.39 is 5.82 Å². The third-order valence-corrected chi connectivity index (χ3v) is 3.21. The number of hydrogen-bond acceptors (Lipinski definition) is 2. The van der Waals surface area contributed by atoms with Gasteiger partial charge >= 0.3 is 0 Å². The van der Waals surface area contributed by atoms with E-state index in [1.807, 2.05) is 13.0 Å². The van der Waals surface area contributed by atoms with Gasteiger partial charge in [-0.15, -0.1) is 0 Å². The van der Waals surface area contributed by atoms with Crippen LogP contribution in [0.3, 0.4) is 0 Å². The Morgan fingerprint density at radius 1 is 1.32 bits per heavy atom. The van der Waals surface area contributed by atoms with E-state index in [2.05, 4.69) is 21.2 Å². The number of amides is 1. The SMILES string of the molecule is Cc1cc(Br)ccc1C(=O)Nc1c(N)cccc1F. The van der Waals surface area contributed by atoms with Crippen molar-refractivity contribution in [2.24, 2.45) is 0 Å². The molecule has 0 unspecified atom stereocenters. The zero-order chi connectivity index (χ0) is 14.0. The third-order valence-electron chi connectivity index (χ3n) is 2.72. The van der Waals surface area contributed by atoms with Crippen molar-refractivity contribution in [3.8, 4) is 0 Å². The standard InChI is InChI=1S/C14H12BrFN2O/c1-8-7-9(15)5-6-10(8)14(19)18-13-11(16)3-2-4-12(13)17/h2-7H,17H2,1H3,(H,18,19). The number of nitrogens with two attached hydrogens (primary N) is 1. The lowest BCUT2D eigenvalue weighted by molar-refractivity contribution is 0.102. The number of nitrogen functional groups attached to an aromatic ring is 1. The number of aryl methyl sites for hydroxylation is 1. The molecule has 0 fully saturated rings. The lowest BCUT2D eigenvalue weighted by Crippen LogP contribution is -2.15. The van der Waals surface area contributed by atoms with Gasteiger partial charge in [-0.2, -0.15) is 0 Å². The fourth-order valence-electron chi connectivity index (χ4n) is 1.74. The first-order chi connectivity index (χ1) is 8.99. The van der Waals surface area contributed by atoms with E-state index >= 15 is 0 Å². The zero-order valence-electron chi connectivity index (χ0n) is 10.2. The van der Waals surface area contributed by atoms with Crippen LogP contribution in [0, 0.1) is 12.7 Å². The summed E-state index contributed by atoms with van der Waals surface area (Å²) in [5.41, 5.74) is 7.13. The minimum atomic E-state index is -0.553. The number of nitrogens with one attached hydrogen (secondary N) is 1. The van der Waals surface area contributed by atoms with Gasteiger partial charge in [-0.3, -0.25) is 4.79 Å². The Bertz CT molecular complexity index is 623. The molecule has 2 aromatic rings. The molecular weight excluding hydrogens is 311 g/mol. The van der Waals surface area contributed by atoms with Crippen LogP contribution in [-0.2, 0) is 0 Å². The van der Waals surface area contributed by atoms with Crippen LogP contribution in [0.25, 0.3) is 0 Å². The van der Waals surface area contributed by atoms with Gasteiger partial charge in [-0.1, -0.05) is 22.0 Å². The number of halogens is 2. The van der Waals surface area contributed by atoms with Crippen molar-refractivity contribution in [1.82, 2.24) is 0 Å². The first-order valence-corrected chi connectivity index (χ1v) is 6.40. The fraction of sp³-hybridized carbons (Fsp3) is 0.0714. The molecule has 5 heteroatoms. The van der Waals surface area contributed by atoms with Crippen molar-refractivity contribution < 1.29 is 9.18 Å².